The van der Waals surface area contributed by atoms with E-state index in [1.165, 1.54) is 12.1 Å². The number of hydrogen-bond donors (Lipinski definition) is 2. The van der Waals surface area contributed by atoms with Crippen LogP contribution in [0.1, 0.15) is 30.9 Å². The lowest BCUT2D eigenvalue weighted by Crippen LogP contribution is -2.41. The van der Waals surface area contributed by atoms with Crippen LogP contribution in [-0.4, -0.2) is 35.1 Å². The van der Waals surface area contributed by atoms with Gasteiger partial charge in [0.1, 0.15) is 5.82 Å². The molecular formula is C14H20ClFN2O2. The molecule has 0 aliphatic carbocycles. The van der Waals surface area contributed by atoms with Crippen LogP contribution in [0, 0.1) is 5.82 Å². The minimum Gasteiger partial charge on any atom is -0.393 e. The Kier molecular flexibility index (Phi) is 6.39. The first-order chi connectivity index (χ1) is 9.06. The summed E-state index contributed by atoms with van der Waals surface area (Å²) in [5.41, 5.74) is 6.72. The number of benzene rings is 1. The molecule has 4 nitrogen and oxygen atoms in total. The summed E-state index contributed by atoms with van der Waals surface area (Å²) in [6.45, 7) is 1.16. The lowest BCUT2D eigenvalue weighted by atomic mass is 10.0. The summed E-state index contributed by atoms with van der Waals surface area (Å²) in [6, 6.07) is 5.48. The number of nitrogens with zero attached hydrogens (tertiary/aromatic N) is 1. The van der Waals surface area contributed by atoms with E-state index < -0.39 is 6.04 Å². The molecule has 1 aromatic carbocycles. The molecule has 1 aromatic rings. The van der Waals surface area contributed by atoms with Gasteiger partial charge in [-0.05, 0) is 30.5 Å². The molecule has 1 amide bonds. The van der Waals surface area contributed by atoms with Gasteiger partial charge in [0.2, 0.25) is 5.91 Å². The maximum absolute atomic E-state index is 12.8. The Bertz CT molecular complexity index is 433. The van der Waals surface area contributed by atoms with Crippen molar-refractivity contribution < 1.29 is 14.3 Å². The van der Waals surface area contributed by atoms with Crippen LogP contribution >= 0.6 is 12.4 Å². The average molecular weight is 303 g/mol. The van der Waals surface area contributed by atoms with E-state index in [1.54, 1.807) is 17.0 Å². The van der Waals surface area contributed by atoms with Gasteiger partial charge in [0, 0.05) is 25.6 Å². The number of nitrogens with two attached hydrogens (primary N) is 1. The molecule has 6 heteroatoms. The molecule has 2 rings (SSSR count). The van der Waals surface area contributed by atoms with E-state index in [4.69, 9.17) is 5.73 Å². The molecule has 112 valence electrons. The minimum atomic E-state index is -0.417. The molecule has 1 aliphatic rings. The third kappa shape index (κ3) is 4.44. The normalized spacial score (nSPS) is 17.4. The van der Waals surface area contributed by atoms with Crippen molar-refractivity contribution in [3.63, 3.8) is 0 Å². The highest BCUT2D eigenvalue weighted by atomic mass is 35.5. The van der Waals surface area contributed by atoms with Crippen LogP contribution in [0.25, 0.3) is 0 Å². The van der Waals surface area contributed by atoms with Crippen molar-refractivity contribution in [1.82, 2.24) is 4.90 Å². The van der Waals surface area contributed by atoms with E-state index in [-0.39, 0.29) is 36.7 Å². The molecule has 1 saturated heterocycles. The van der Waals surface area contributed by atoms with Crippen LogP contribution < -0.4 is 5.73 Å². The van der Waals surface area contributed by atoms with Gasteiger partial charge in [0.05, 0.1) is 6.10 Å². The number of aliphatic hydroxyl groups excluding tert-OH is 1. The van der Waals surface area contributed by atoms with Gasteiger partial charge >= 0.3 is 0 Å². The van der Waals surface area contributed by atoms with E-state index >= 15 is 0 Å². The first kappa shape index (κ1) is 16.9. The molecule has 0 spiro atoms. The minimum absolute atomic E-state index is 0. The number of piperidine rings is 1. The summed E-state index contributed by atoms with van der Waals surface area (Å²) in [4.78, 5) is 13.8. The van der Waals surface area contributed by atoms with E-state index in [0.717, 1.165) is 5.56 Å². The Labute approximate surface area is 124 Å². The van der Waals surface area contributed by atoms with Gasteiger partial charge < -0.3 is 15.7 Å². The largest absolute Gasteiger partial charge is 0.393 e. The van der Waals surface area contributed by atoms with E-state index in [2.05, 4.69) is 0 Å². The van der Waals surface area contributed by atoms with Gasteiger partial charge in [-0.2, -0.15) is 0 Å². The van der Waals surface area contributed by atoms with Crippen LogP contribution in [0.15, 0.2) is 24.3 Å². The molecule has 1 atom stereocenters. The van der Waals surface area contributed by atoms with Gasteiger partial charge in [-0.25, -0.2) is 4.39 Å². The number of amides is 1. The fourth-order valence-corrected chi connectivity index (χ4v) is 2.26. The van der Waals surface area contributed by atoms with Crippen LogP contribution in [0.5, 0.6) is 0 Å². The second-order valence-corrected chi connectivity index (χ2v) is 4.97. The smallest absolute Gasteiger partial charge is 0.224 e. The fraction of sp³-hybridized carbons (Fsp3) is 0.500. The Balaban J connectivity index is 0.00000200. The Morgan fingerprint density at radius 2 is 1.90 bits per heavy atom. The zero-order valence-corrected chi connectivity index (χ0v) is 12.0. The second kappa shape index (κ2) is 7.57. The maximum atomic E-state index is 12.8. The van der Waals surface area contributed by atoms with Crippen molar-refractivity contribution in [3.8, 4) is 0 Å². The third-order valence-corrected chi connectivity index (χ3v) is 3.51. The number of carbonyl (C=O) groups is 1. The molecule has 0 radical (unpaired) electrons. The van der Waals surface area contributed by atoms with E-state index in [9.17, 15) is 14.3 Å². The summed E-state index contributed by atoms with van der Waals surface area (Å²) < 4.78 is 12.8. The lowest BCUT2D eigenvalue weighted by molar-refractivity contribution is -0.133. The van der Waals surface area contributed by atoms with Gasteiger partial charge in [0.15, 0.2) is 0 Å². The molecule has 0 aromatic heterocycles. The molecule has 1 unspecified atom stereocenters. The van der Waals surface area contributed by atoms with Crippen molar-refractivity contribution in [3.05, 3.63) is 35.6 Å². The van der Waals surface area contributed by atoms with E-state index in [1.807, 2.05) is 0 Å². The zero-order chi connectivity index (χ0) is 13.8. The standard InChI is InChI=1S/C14H19FN2O2.ClH/c15-11-3-1-10(2-4-11)13(16)9-14(19)17-7-5-12(18)6-8-17;/h1-4,12-13,18H,5-9,16H2;1H. The molecule has 0 bridgehead atoms. The van der Waals surface area contributed by atoms with Crippen molar-refractivity contribution in [2.24, 2.45) is 5.73 Å². The number of carbonyl (C=O) groups excluding carboxylic acids is 1. The maximum Gasteiger partial charge on any atom is 0.224 e. The van der Waals surface area contributed by atoms with Crippen LogP contribution in [0.2, 0.25) is 0 Å². The Hall–Kier alpha value is -1.17. The zero-order valence-electron chi connectivity index (χ0n) is 11.2. The molecule has 1 aliphatic heterocycles. The van der Waals surface area contributed by atoms with Gasteiger partial charge in [0.25, 0.3) is 0 Å². The van der Waals surface area contributed by atoms with Crippen LogP contribution in [-0.2, 0) is 4.79 Å². The molecule has 1 heterocycles. The first-order valence-corrected chi connectivity index (χ1v) is 6.53. The summed E-state index contributed by atoms with van der Waals surface area (Å²) in [7, 11) is 0. The fourth-order valence-electron chi connectivity index (χ4n) is 2.26. The van der Waals surface area contributed by atoms with Crippen LogP contribution in [0.3, 0.4) is 0 Å². The van der Waals surface area contributed by atoms with Gasteiger partial charge in [-0.1, -0.05) is 12.1 Å². The number of aliphatic hydroxyl groups is 1. The van der Waals surface area contributed by atoms with Gasteiger partial charge in [-0.15, -0.1) is 12.4 Å². The predicted octanol–water partition coefficient (Wildman–Crippen LogP) is 1.62. The molecular weight excluding hydrogens is 283 g/mol. The van der Waals surface area contributed by atoms with Gasteiger partial charge in [-0.3, -0.25) is 4.79 Å². The van der Waals surface area contributed by atoms with E-state index in [0.29, 0.717) is 25.9 Å². The Morgan fingerprint density at radius 1 is 1.35 bits per heavy atom. The number of hydrogen-bond acceptors (Lipinski definition) is 3. The topological polar surface area (TPSA) is 66.6 Å². The first-order valence-electron chi connectivity index (χ1n) is 6.53. The number of rotatable bonds is 3. The van der Waals surface area contributed by atoms with Crippen molar-refractivity contribution in [2.45, 2.75) is 31.4 Å². The van der Waals surface area contributed by atoms with Crippen LogP contribution in [0.4, 0.5) is 4.39 Å². The molecule has 20 heavy (non-hydrogen) atoms. The highest BCUT2D eigenvalue weighted by molar-refractivity contribution is 5.85. The summed E-state index contributed by atoms with van der Waals surface area (Å²) >= 11 is 0. The highest BCUT2D eigenvalue weighted by Gasteiger charge is 2.23. The third-order valence-electron chi connectivity index (χ3n) is 3.51. The monoisotopic (exact) mass is 302 g/mol. The second-order valence-electron chi connectivity index (χ2n) is 4.97. The van der Waals surface area contributed by atoms with Crippen molar-refractivity contribution in [2.75, 3.05) is 13.1 Å². The highest BCUT2D eigenvalue weighted by Crippen LogP contribution is 2.18. The molecule has 1 fully saturated rings. The SMILES string of the molecule is Cl.NC(CC(=O)N1CCC(O)CC1)c1ccc(F)cc1. The summed E-state index contributed by atoms with van der Waals surface area (Å²) in [6.07, 6.45) is 1.16. The molecule has 0 saturated carbocycles. The molecule has 3 N–H and O–H groups in total. The van der Waals surface area contributed by atoms with Crippen molar-refractivity contribution >= 4 is 18.3 Å². The average Bonchev–Trinajstić information content (AvgIpc) is 2.40. The summed E-state index contributed by atoms with van der Waals surface area (Å²) in [5.74, 6) is -0.323. The number of likely N-dealkylation sites (tertiary alicyclic amines) is 1. The lowest BCUT2D eigenvalue weighted by Gasteiger charge is -2.30. The Morgan fingerprint density at radius 3 is 2.45 bits per heavy atom. The summed E-state index contributed by atoms with van der Waals surface area (Å²) in [5, 5.41) is 9.40. The number of halogens is 2. The predicted molar refractivity (Wildman–Crippen MR) is 77.0 cm³/mol. The van der Waals surface area contributed by atoms with Crippen molar-refractivity contribution in [1.29, 1.82) is 0 Å². The quantitative estimate of drug-likeness (QED) is 0.891.